The summed E-state index contributed by atoms with van der Waals surface area (Å²) < 4.78 is 0. The molecule has 2 aromatic rings. The molecule has 0 aromatic heterocycles. The van der Waals surface area contributed by atoms with Crippen LogP contribution in [0.5, 0.6) is 11.5 Å². The van der Waals surface area contributed by atoms with Gasteiger partial charge in [-0.25, -0.2) is 0 Å². The highest BCUT2D eigenvalue weighted by Crippen LogP contribution is 2.36. The number of benzene rings is 2. The molecule has 0 bridgehead atoms. The molecule has 2 heteroatoms. The molecule has 2 nitrogen and oxygen atoms in total. The predicted octanol–water partition coefficient (Wildman–Crippen LogP) is 3.89. The molecule has 18 heavy (non-hydrogen) atoms. The second kappa shape index (κ2) is 5.13. The number of phenols is 2. The summed E-state index contributed by atoms with van der Waals surface area (Å²) in [5.74, 6) is -0.0599. The smallest absolute Gasteiger partial charge is 0.161 e. The van der Waals surface area contributed by atoms with Crippen molar-refractivity contribution in [3.05, 3.63) is 47.5 Å². The maximum absolute atomic E-state index is 9.89. The first-order valence-electron chi connectivity index (χ1n) is 6.30. The zero-order chi connectivity index (χ0) is 13.1. The molecule has 0 spiro atoms. The van der Waals surface area contributed by atoms with Crippen LogP contribution in [0.25, 0.3) is 11.1 Å². The summed E-state index contributed by atoms with van der Waals surface area (Å²) in [6.45, 7) is 4.09. The van der Waals surface area contributed by atoms with Gasteiger partial charge in [0.15, 0.2) is 11.5 Å². The number of hydrogen-bond acceptors (Lipinski definition) is 2. The fraction of sp³-hybridized carbons (Fsp3) is 0.250. The minimum absolute atomic E-state index is 0.00503. The Hall–Kier alpha value is -1.96. The minimum atomic E-state index is -0.0548. The molecule has 0 atom stereocenters. The Morgan fingerprint density at radius 2 is 1.50 bits per heavy atom. The molecule has 0 aliphatic rings. The third-order valence-corrected chi connectivity index (χ3v) is 3.29. The van der Waals surface area contributed by atoms with Gasteiger partial charge in [-0.1, -0.05) is 44.2 Å². The van der Waals surface area contributed by atoms with Crippen molar-refractivity contribution < 1.29 is 10.2 Å². The third kappa shape index (κ3) is 2.19. The van der Waals surface area contributed by atoms with Crippen LogP contribution in [-0.2, 0) is 12.8 Å². The Balaban J connectivity index is 2.52. The molecule has 0 heterocycles. The average molecular weight is 242 g/mol. The van der Waals surface area contributed by atoms with Crippen molar-refractivity contribution in [3.8, 4) is 22.6 Å². The highest BCUT2D eigenvalue weighted by atomic mass is 16.3. The molecule has 0 fully saturated rings. The largest absolute Gasteiger partial charge is 0.504 e. The molecule has 0 amide bonds. The summed E-state index contributed by atoms with van der Waals surface area (Å²) in [7, 11) is 0. The summed E-state index contributed by atoms with van der Waals surface area (Å²) in [4.78, 5) is 0. The second-order valence-electron chi connectivity index (χ2n) is 4.36. The molecule has 2 rings (SSSR count). The summed E-state index contributed by atoms with van der Waals surface area (Å²) in [6, 6.07) is 11.7. The van der Waals surface area contributed by atoms with Gasteiger partial charge in [0.2, 0.25) is 0 Å². The lowest BCUT2D eigenvalue weighted by Crippen LogP contribution is -1.90. The standard InChI is InChI=1S/C16H18O2/c1-3-11-5-7-12(8-6-11)14-9-10-15(17)16(18)13(14)4-2/h5-10,17-18H,3-4H2,1-2H3. The molecule has 0 aliphatic heterocycles. The van der Waals surface area contributed by atoms with E-state index in [4.69, 9.17) is 0 Å². The van der Waals surface area contributed by atoms with Gasteiger partial charge in [-0.05, 0) is 35.6 Å². The monoisotopic (exact) mass is 242 g/mol. The first kappa shape index (κ1) is 12.5. The SMILES string of the molecule is CCc1ccc(-c2ccc(O)c(O)c2CC)cc1. The quantitative estimate of drug-likeness (QED) is 0.802. The van der Waals surface area contributed by atoms with Gasteiger partial charge in [-0.2, -0.15) is 0 Å². The fourth-order valence-corrected chi connectivity index (χ4v) is 2.17. The van der Waals surface area contributed by atoms with E-state index in [9.17, 15) is 10.2 Å². The molecular weight excluding hydrogens is 224 g/mol. The van der Waals surface area contributed by atoms with E-state index in [-0.39, 0.29) is 11.5 Å². The molecule has 0 saturated carbocycles. The molecule has 0 saturated heterocycles. The molecule has 0 unspecified atom stereocenters. The van der Waals surface area contributed by atoms with E-state index in [2.05, 4.69) is 31.2 Å². The molecular formula is C16H18O2. The summed E-state index contributed by atoms with van der Waals surface area (Å²) >= 11 is 0. The minimum Gasteiger partial charge on any atom is -0.504 e. The van der Waals surface area contributed by atoms with Crippen LogP contribution in [0.2, 0.25) is 0 Å². The zero-order valence-electron chi connectivity index (χ0n) is 10.8. The number of aromatic hydroxyl groups is 2. The van der Waals surface area contributed by atoms with Gasteiger partial charge in [-0.3, -0.25) is 0 Å². The van der Waals surface area contributed by atoms with Crippen LogP contribution in [-0.4, -0.2) is 10.2 Å². The lowest BCUT2D eigenvalue weighted by molar-refractivity contribution is 0.400. The van der Waals surface area contributed by atoms with Gasteiger partial charge < -0.3 is 10.2 Å². The van der Waals surface area contributed by atoms with Crippen molar-refractivity contribution in [1.82, 2.24) is 0 Å². The van der Waals surface area contributed by atoms with Gasteiger partial charge in [-0.15, -0.1) is 0 Å². The van der Waals surface area contributed by atoms with Crippen LogP contribution in [0.15, 0.2) is 36.4 Å². The average Bonchev–Trinajstić information content (AvgIpc) is 2.42. The van der Waals surface area contributed by atoms with E-state index in [1.54, 1.807) is 0 Å². The maximum Gasteiger partial charge on any atom is 0.161 e. The summed E-state index contributed by atoms with van der Waals surface area (Å²) in [5.41, 5.74) is 4.13. The van der Waals surface area contributed by atoms with Crippen molar-refractivity contribution in [2.24, 2.45) is 0 Å². The Bertz CT molecular complexity index is 542. The van der Waals surface area contributed by atoms with E-state index in [1.165, 1.54) is 11.6 Å². The lowest BCUT2D eigenvalue weighted by Gasteiger charge is -2.11. The van der Waals surface area contributed by atoms with Gasteiger partial charge in [0.25, 0.3) is 0 Å². The third-order valence-electron chi connectivity index (χ3n) is 3.29. The normalized spacial score (nSPS) is 10.6. The Morgan fingerprint density at radius 3 is 2.06 bits per heavy atom. The van der Waals surface area contributed by atoms with Crippen molar-refractivity contribution in [3.63, 3.8) is 0 Å². The van der Waals surface area contributed by atoms with Gasteiger partial charge in [0.05, 0.1) is 0 Å². The Kier molecular flexibility index (Phi) is 3.56. The van der Waals surface area contributed by atoms with E-state index >= 15 is 0 Å². The van der Waals surface area contributed by atoms with Crippen LogP contribution in [0, 0.1) is 0 Å². The molecule has 94 valence electrons. The molecule has 0 aliphatic carbocycles. The van der Waals surface area contributed by atoms with E-state index < -0.39 is 0 Å². The van der Waals surface area contributed by atoms with Gasteiger partial charge >= 0.3 is 0 Å². The van der Waals surface area contributed by atoms with E-state index in [0.29, 0.717) is 6.42 Å². The fourth-order valence-electron chi connectivity index (χ4n) is 2.17. The van der Waals surface area contributed by atoms with Gasteiger partial charge in [0, 0.05) is 5.56 Å². The first-order chi connectivity index (χ1) is 8.67. The van der Waals surface area contributed by atoms with Crippen LogP contribution in [0.3, 0.4) is 0 Å². The maximum atomic E-state index is 9.89. The van der Waals surface area contributed by atoms with Crippen molar-refractivity contribution >= 4 is 0 Å². The number of phenolic OH excluding ortho intramolecular Hbond substituents is 2. The highest BCUT2D eigenvalue weighted by Gasteiger charge is 2.11. The number of hydrogen-bond donors (Lipinski definition) is 2. The summed E-state index contributed by atoms with van der Waals surface area (Å²) in [6.07, 6.45) is 1.70. The van der Waals surface area contributed by atoms with Crippen LogP contribution < -0.4 is 0 Å². The lowest BCUT2D eigenvalue weighted by atomic mass is 9.96. The topological polar surface area (TPSA) is 40.5 Å². The van der Waals surface area contributed by atoms with Crippen molar-refractivity contribution in [2.45, 2.75) is 26.7 Å². The van der Waals surface area contributed by atoms with Crippen molar-refractivity contribution in [2.75, 3.05) is 0 Å². The predicted molar refractivity (Wildman–Crippen MR) is 74.0 cm³/mol. The van der Waals surface area contributed by atoms with E-state index in [1.807, 2.05) is 13.0 Å². The van der Waals surface area contributed by atoms with Gasteiger partial charge in [0.1, 0.15) is 0 Å². The van der Waals surface area contributed by atoms with Crippen molar-refractivity contribution in [1.29, 1.82) is 0 Å². The summed E-state index contributed by atoms with van der Waals surface area (Å²) in [5, 5.41) is 19.4. The molecule has 0 radical (unpaired) electrons. The molecule has 2 N–H and O–H groups in total. The highest BCUT2D eigenvalue weighted by molar-refractivity contribution is 5.72. The van der Waals surface area contributed by atoms with Crippen LogP contribution in [0.1, 0.15) is 25.0 Å². The molecule has 2 aromatic carbocycles. The number of aryl methyl sites for hydroxylation is 1. The Labute approximate surface area is 108 Å². The Morgan fingerprint density at radius 1 is 0.833 bits per heavy atom. The van der Waals surface area contributed by atoms with Crippen LogP contribution >= 0.6 is 0 Å². The number of rotatable bonds is 3. The van der Waals surface area contributed by atoms with E-state index in [0.717, 1.165) is 23.1 Å². The first-order valence-corrected chi connectivity index (χ1v) is 6.30. The van der Waals surface area contributed by atoms with Crippen LogP contribution in [0.4, 0.5) is 0 Å². The second-order valence-corrected chi connectivity index (χ2v) is 4.36. The zero-order valence-corrected chi connectivity index (χ0v) is 10.8.